The molecule has 1 saturated heterocycles. The summed E-state index contributed by atoms with van der Waals surface area (Å²) in [5.41, 5.74) is 3.60. The van der Waals surface area contributed by atoms with Crippen molar-refractivity contribution in [2.75, 3.05) is 42.9 Å². The highest BCUT2D eigenvalue weighted by Gasteiger charge is 2.26. The molecule has 4 rings (SSSR count). The van der Waals surface area contributed by atoms with Crippen LogP contribution in [0.4, 0.5) is 11.4 Å². The van der Waals surface area contributed by atoms with E-state index in [1.807, 2.05) is 36.4 Å². The van der Waals surface area contributed by atoms with Crippen LogP contribution < -0.4 is 14.4 Å². The number of hydrogen-bond acceptors (Lipinski definition) is 6. The van der Waals surface area contributed by atoms with Gasteiger partial charge < -0.3 is 14.5 Å². The maximum atomic E-state index is 13.4. The molecule has 0 saturated carbocycles. The number of aryl methyl sites for hydroxylation is 2. The van der Waals surface area contributed by atoms with Gasteiger partial charge in [0, 0.05) is 43.6 Å². The first-order valence-corrected chi connectivity index (χ1v) is 14.1. The summed E-state index contributed by atoms with van der Waals surface area (Å²) in [6.07, 6.45) is 4.60. The quantitative estimate of drug-likeness (QED) is 0.445. The number of nitrogens with one attached hydrogen (secondary N) is 1. The molecule has 9 heteroatoms. The highest BCUT2D eigenvalue weighted by atomic mass is 32.2. The van der Waals surface area contributed by atoms with Crippen LogP contribution in [0.15, 0.2) is 65.8 Å². The number of benzene rings is 2. The van der Waals surface area contributed by atoms with Gasteiger partial charge in [-0.25, -0.2) is 4.98 Å². The number of aromatic nitrogens is 1. The van der Waals surface area contributed by atoms with Crippen LogP contribution in [0.2, 0.25) is 0 Å². The van der Waals surface area contributed by atoms with Crippen molar-refractivity contribution >= 4 is 27.3 Å². The third kappa shape index (κ3) is 6.22. The second-order valence-corrected chi connectivity index (χ2v) is 10.8. The van der Waals surface area contributed by atoms with Gasteiger partial charge in [-0.2, -0.15) is 8.42 Å². The number of unbranched alkanes of at least 4 members (excludes halogenated alkanes) is 1. The molecule has 1 aromatic heterocycles. The summed E-state index contributed by atoms with van der Waals surface area (Å²) in [4.78, 5) is 21.5. The number of anilines is 2. The maximum Gasteiger partial charge on any atom is 0.279 e. The minimum atomic E-state index is -3.95. The van der Waals surface area contributed by atoms with Gasteiger partial charge in [0.25, 0.3) is 15.9 Å². The summed E-state index contributed by atoms with van der Waals surface area (Å²) < 4.78 is 34.2. The van der Waals surface area contributed by atoms with E-state index in [9.17, 15) is 13.2 Å². The molecule has 0 aliphatic carbocycles. The monoisotopic (exact) mass is 522 g/mol. The van der Waals surface area contributed by atoms with Crippen LogP contribution in [-0.4, -0.2) is 57.5 Å². The molecule has 3 aromatic rings. The number of sulfonamides is 1. The number of amides is 1. The number of carbonyl (C=O) groups is 1. The smallest absolute Gasteiger partial charge is 0.279 e. The fourth-order valence-electron chi connectivity index (χ4n) is 4.42. The predicted octanol–water partition coefficient (Wildman–Crippen LogP) is 4.50. The Bertz CT molecular complexity index is 1330. The van der Waals surface area contributed by atoms with Crippen molar-refractivity contribution in [2.45, 2.75) is 38.1 Å². The third-order valence-electron chi connectivity index (χ3n) is 6.60. The Morgan fingerprint density at radius 2 is 1.76 bits per heavy atom. The Kier molecular flexibility index (Phi) is 8.33. The lowest BCUT2D eigenvalue weighted by atomic mass is 10.1. The predicted molar refractivity (Wildman–Crippen MR) is 146 cm³/mol. The molecule has 1 aliphatic heterocycles. The van der Waals surface area contributed by atoms with Gasteiger partial charge >= 0.3 is 0 Å². The van der Waals surface area contributed by atoms with Gasteiger partial charge in [-0.15, -0.1) is 0 Å². The maximum absolute atomic E-state index is 13.4. The molecule has 1 aliphatic rings. The van der Waals surface area contributed by atoms with Crippen molar-refractivity contribution in [1.82, 2.24) is 9.88 Å². The van der Waals surface area contributed by atoms with E-state index >= 15 is 0 Å². The van der Waals surface area contributed by atoms with E-state index in [0.29, 0.717) is 43.0 Å². The van der Waals surface area contributed by atoms with Gasteiger partial charge in [0.1, 0.15) is 5.75 Å². The fourth-order valence-corrected chi connectivity index (χ4v) is 5.44. The molecule has 1 fully saturated rings. The standard InChI is InChI=1S/C28H34N4O4S/c1-4-5-8-22-11-13-23(14-12-22)30-37(34,35)27-19-24(21(2)20-29-27)28(33)32-17-15-31(16-18-32)25-9-6-7-10-26(25)36-3/h6-7,9-14,19-20,30H,4-5,8,15-18H2,1-3H3. The van der Waals surface area contributed by atoms with E-state index < -0.39 is 10.0 Å². The average Bonchev–Trinajstić information content (AvgIpc) is 2.92. The number of ether oxygens (including phenoxy) is 1. The first-order chi connectivity index (χ1) is 17.8. The Morgan fingerprint density at radius 1 is 1.05 bits per heavy atom. The largest absolute Gasteiger partial charge is 0.495 e. The van der Waals surface area contributed by atoms with Crippen LogP contribution >= 0.6 is 0 Å². The van der Waals surface area contributed by atoms with Crippen LogP contribution in [-0.2, 0) is 16.4 Å². The van der Waals surface area contributed by atoms with Crippen molar-refractivity contribution in [3.05, 3.63) is 77.5 Å². The normalized spacial score (nSPS) is 13.9. The molecule has 1 amide bonds. The fraction of sp³-hybridized carbons (Fsp3) is 0.357. The minimum absolute atomic E-state index is 0.177. The van der Waals surface area contributed by atoms with Gasteiger partial charge in [0.2, 0.25) is 0 Å². The van der Waals surface area contributed by atoms with Crippen molar-refractivity contribution in [3.8, 4) is 5.75 Å². The van der Waals surface area contributed by atoms with Crippen LogP contribution in [0, 0.1) is 6.92 Å². The molecule has 0 spiro atoms. The molecule has 0 radical (unpaired) electrons. The van der Waals surface area contributed by atoms with Crippen molar-refractivity contribution in [1.29, 1.82) is 0 Å². The first-order valence-electron chi connectivity index (χ1n) is 12.6. The Labute approximate surface area is 219 Å². The van der Waals surface area contributed by atoms with Crippen molar-refractivity contribution < 1.29 is 17.9 Å². The number of methoxy groups -OCH3 is 1. The molecule has 1 N–H and O–H groups in total. The minimum Gasteiger partial charge on any atom is -0.495 e. The highest BCUT2D eigenvalue weighted by Crippen LogP contribution is 2.29. The highest BCUT2D eigenvalue weighted by molar-refractivity contribution is 7.92. The summed E-state index contributed by atoms with van der Waals surface area (Å²) in [6, 6.07) is 16.6. The molecule has 37 heavy (non-hydrogen) atoms. The topological polar surface area (TPSA) is 91.8 Å². The van der Waals surface area contributed by atoms with Gasteiger partial charge in [0.15, 0.2) is 5.03 Å². The summed E-state index contributed by atoms with van der Waals surface area (Å²) in [5.74, 6) is 0.599. The van der Waals surface area contributed by atoms with Crippen molar-refractivity contribution in [2.24, 2.45) is 0 Å². The molecule has 196 valence electrons. The average molecular weight is 523 g/mol. The molecule has 8 nitrogen and oxygen atoms in total. The molecule has 2 aromatic carbocycles. The SMILES string of the molecule is CCCCc1ccc(NS(=O)(=O)c2cc(C(=O)N3CCN(c4ccccc4OC)CC3)c(C)cn2)cc1. The summed E-state index contributed by atoms with van der Waals surface area (Å²) in [6.45, 7) is 6.24. The van der Waals surface area contributed by atoms with Gasteiger partial charge in [-0.1, -0.05) is 37.6 Å². The Balaban J connectivity index is 1.46. The lowest BCUT2D eigenvalue weighted by molar-refractivity contribution is 0.0745. The molecule has 0 bridgehead atoms. The van der Waals surface area contributed by atoms with E-state index in [2.05, 4.69) is 21.5 Å². The number of pyridine rings is 1. The van der Waals surface area contributed by atoms with E-state index in [1.54, 1.807) is 31.1 Å². The van der Waals surface area contributed by atoms with Crippen molar-refractivity contribution in [3.63, 3.8) is 0 Å². The summed E-state index contributed by atoms with van der Waals surface area (Å²) >= 11 is 0. The van der Waals surface area contributed by atoms with E-state index in [4.69, 9.17) is 4.74 Å². The number of piperazine rings is 1. The zero-order valence-electron chi connectivity index (χ0n) is 21.6. The summed E-state index contributed by atoms with van der Waals surface area (Å²) in [5, 5.41) is -0.177. The van der Waals surface area contributed by atoms with Gasteiger partial charge in [-0.05, 0) is 61.2 Å². The molecular weight excluding hydrogens is 488 g/mol. The third-order valence-corrected chi connectivity index (χ3v) is 7.88. The number of nitrogens with zero attached hydrogens (tertiary/aromatic N) is 3. The molecule has 0 atom stereocenters. The second-order valence-electron chi connectivity index (χ2n) is 9.19. The van der Waals surface area contributed by atoms with Gasteiger partial charge in [-0.3, -0.25) is 9.52 Å². The Morgan fingerprint density at radius 3 is 2.43 bits per heavy atom. The van der Waals surface area contributed by atoms with Gasteiger partial charge in [0.05, 0.1) is 12.8 Å². The van der Waals surface area contributed by atoms with E-state index in [1.165, 1.54) is 12.3 Å². The Hall–Kier alpha value is -3.59. The summed E-state index contributed by atoms with van der Waals surface area (Å²) in [7, 11) is -2.31. The zero-order chi connectivity index (χ0) is 26.4. The number of rotatable bonds is 9. The number of hydrogen-bond donors (Lipinski definition) is 1. The van der Waals surface area contributed by atoms with Crippen LogP contribution in [0.3, 0.4) is 0 Å². The van der Waals surface area contributed by atoms with Crippen LogP contribution in [0.1, 0.15) is 41.3 Å². The second kappa shape index (κ2) is 11.6. The number of carbonyl (C=O) groups excluding carboxylic acids is 1. The lowest BCUT2D eigenvalue weighted by Gasteiger charge is -2.36. The molecule has 2 heterocycles. The molecular formula is C28H34N4O4S. The molecule has 0 unspecified atom stereocenters. The van der Waals surface area contributed by atoms with E-state index in [-0.39, 0.29) is 10.9 Å². The van der Waals surface area contributed by atoms with Crippen LogP contribution in [0.5, 0.6) is 5.75 Å². The number of para-hydroxylation sites is 2. The van der Waals surface area contributed by atoms with Crippen LogP contribution in [0.25, 0.3) is 0 Å². The lowest BCUT2D eigenvalue weighted by Crippen LogP contribution is -2.49. The van der Waals surface area contributed by atoms with E-state index in [0.717, 1.165) is 36.3 Å². The zero-order valence-corrected chi connectivity index (χ0v) is 22.4. The first kappa shape index (κ1) is 26.5.